The zero-order chi connectivity index (χ0) is 22.2. The van der Waals surface area contributed by atoms with E-state index in [2.05, 4.69) is 22.5 Å². The van der Waals surface area contributed by atoms with Gasteiger partial charge in [-0.05, 0) is 54.2 Å². The standard InChI is InChI=1S/C23H24ClN3O2.C2H6/c1-29-20-12-6-16(7-13-20)14-25-21-15-26-27(23(28)22(21)24)19-10-8-18(9-11-19)17-4-2-3-5-17;1-2/h6-13,15,17,25H,2-5,14H2,1H3;1-2H3. The molecule has 0 radical (unpaired) electrons. The fraction of sp³-hybridized carbons (Fsp3) is 0.360. The van der Waals surface area contributed by atoms with E-state index in [0.717, 1.165) is 17.0 Å². The molecule has 1 aliphatic carbocycles. The molecule has 1 saturated carbocycles. The van der Waals surface area contributed by atoms with Crippen LogP contribution in [0.3, 0.4) is 0 Å². The van der Waals surface area contributed by atoms with Gasteiger partial charge >= 0.3 is 0 Å². The van der Waals surface area contributed by atoms with Gasteiger partial charge in [0.25, 0.3) is 5.56 Å². The second-order valence-corrected chi connectivity index (χ2v) is 7.74. The number of hydrogen-bond donors (Lipinski definition) is 1. The molecule has 0 spiro atoms. The van der Waals surface area contributed by atoms with Gasteiger partial charge in [-0.25, -0.2) is 0 Å². The van der Waals surface area contributed by atoms with E-state index < -0.39 is 0 Å². The van der Waals surface area contributed by atoms with Crippen LogP contribution in [0.2, 0.25) is 5.02 Å². The van der Waals surface area contributed by atoms with Crippen molar-refractivity contribution in [3.8, 4) is 11.4 Å². The summed E-state index contributed by atoms with van der Waals surface area (Å²) >= 11 is 6.34. The minimum absolute atomic E-state index is 0.133. The minimum Gasteiger partial charge on any atom is -0.497 e. The number of ether oxygens (including phenoxy) is 1. The van der Waals surface area contributed by atoms with E-state index in [4.69, 9.17) is 16.3 Å². The topological polar surface area (TPSA) is 56.1 Å². The van der Waals surface area contributed by atoms with Gasteiger partial charge in [0, 0.05) is 6.54 Å². The number of nitrogens with zero attached hydrogens (tertiary/aromatic N) is 2. The second-order valence-electron chi connectivity index (χ2n) is 7.36. The van der Waals surface area contributed by atoms with E-state index in [0.29, 0.717) is 18.2 Å². The van der Waals surface area contributed by atoms with E-state index in [9.17, 15) is 4.79 Å². The minimum atomic E-state index is -0.333. The molecule has 1 fully saturated rings. The van der Waals surface area contributed by atoms with E-state index in [-0.39, 0.29) is 10.6 Å². The van der Waals surface area contributed by atoms with Crippen LogP contribution >= 0.6 is 11.6 Å². The van der Waals surface area contributed by atoms with Crippen molar-refractivity contribution in [2.45, 2.75) is 52.0 Å². The normalized spacial score (nSPS) is 13.4. The molecule has 164 valence electrons. The van der Waals surface area contributed by atoms with E-state index >= 15 is 0 Å². The number of anilines is 1. The first-order valence-electron chi connectivity index (χ1n) is 10.9. The molecule has 5 nitrogen and oxygen atoms in total. The van der Waals surface area contributed by atoms with Crippen LogP contribution in [0.1, 0.15) is 56.6 Å². The van der Waals surface area contributed by atoms with Crippen LogP contribution in [-0.2, 0) is 6.54 Å². The van der Waals surface area contributed by atoms with Crippen molar-refractivity contribution in [1.29, 1.82) is 0 Å². The van der Waals surface area contributed by atoms with E-state index in [1.54, 1.807) is 13.3 Å². The van der Waals surface area contributed by atoms with Crippen LogP contribution in [0.4, 0.5) is 5.69 Å². The molecule has 1 heterocycles. The first kappa shape index (κ1) is 22.9. The third-order valence-corrected chi connectivity index (χ3v) is 5.89. The zero-order valence-electron chi connectivity index (χ0n) is 18.4. The van der Waals surface area contributed by atoms with Gasteiger partial charge in [-0.2, -0.15) is 9.78 Å². The van der Waals surface area contributed by atoms with Crippen molar-refractivity contribution in [3.05, 3.63) is 81.2 Å². The summed E-state index contributed by atoms with van der Waals surface area (Å²) in [5.74, 6) is 1.44. The van der Waals surface area contributed by atoms with Crippen LogP contribution in [0, 0.1) is 0 Å². The molecule has 31 heavy (non-hydrogen) atoms. The highest BCUT2D eigenvalue weighted by atomic mass is 35.5. The van der Waals surface area contributed by atoms with Crippen molar-refractivity contribution in [2.24, 2.45) is 0 Å². The van der Waals surface area contributed by atoms with E-state index in [1.807, 2.05) is 50.2 Å². The smallest absolute Gasteiger partial charge is 0.292 e. The molecule has 0 amide bonds. The Labute approximate surface area is 189 Å². The Balaban J connectivity index is 0.00000132. The van der Waals surface area contributed by atoms with Crippen molar-refractivity contribution in [1.82, 2.24) is 9.78 Å². The van der Waals surface area contributed by atoms with Gasteiger partial charge in [0.1, 0.15) is 10.8 Å². The molecule has 0 aliphatic heterocycles. The Kier molecular flexibility index (Phi) is 8.13. The van der Waals surface area contributed by atoms with Crippen molar-refractivity contribution in [2.75, 3.05) is 12.4 Å². The average Bonchev–Trinajstić information content (AvgIpc) is 3.37. The molecule has 0 atom stereocenters. The van der Waals surface area contributed by atoms with Gasteiger partial charge in [0.05, 0.1) is 24.7 Å². The maximum absolute atomic E-state index is 12.7. The summed E-state index contributed by atoms with van der Waals surface area (Å²) in [6.45, 7) is 4.53. The molecule has 6 heteroatoms. The van der Waals surface area contributed by atoms with Crippen LogP contribution in [0.15, 0.2) is 59.5 Å². The molecule has 1 aliphatic rings. The Morgan fingerprint density at radius 2 is 1.71 bits per heavy atom. The maximum atomic E-state index is 12.7. The summed E-state index contributed by atoms with van der Waals surface area (Å²) in [4.78, 5) is 12.7. The average molecular weight is 440 g/mol. The summed E-state index contributed by atoms with van der Waals surface area (Å²) in [5, 5.41) is 7.63. The number of nitrogens with one attached hydrogen (secondary N) is 1. The third-order valence-electron chi connectivity index (χ3n) is 5.53. The lowest BCUT2D eigenvalue weighted by Gasteiger charge is -2.12. The lowest BCUT2D eigenvalue weighted by Crippen LogP contribution is -2.22. The number of halogens is 1. The van der Waals surface area contributed by atoms with Gasteiger partial charge in [-0.3, -0.25) is 4.79 Å². The second kappa shape index (κ2) is 11.0. The number of hydrogen-bond acceptors (Lipinski definition) is 4. The molecule has 0 unspecified atom stereocenters. The molecule has 0 bridgehead atoms. The predicted octanol–water partition coefficient (Wildman–Crippen LogP) is 6.19. The molecule has 1 aromatic heterocycles. The molecular formula is C25H30ClN3O2. The first-order chi connectivity index (χ1) is 15.2. The quantitative estimate of drug-likeness (QED) is 0.497. The highest BCUT2D eigenvalue weighted by Gasteiger charge is 2.17. The van der Waals surface area contributed by atoms with Gasteiger partial charge in [-0.15, -0.1) is 0 Å². The fourth-order valence-electron chi connectivity index (χ4n) is 3.83. The summed E-state index contributed by atoms with van der Waals surface area (Å²) in [7, 11) is 1.63. The fourth-order valence-corrected chi connectivity index (χ4v) is 4.02. The van der Waals surface area contributed by atoms with Crippen LogP contribution in [-0.4, -0.2) is 16.9 Å². The molecule has 2 aromatic carbocycles. The van der Waals surface area contributed by atoms with E-state index in [1.165, 1.54) is 35.9 Å². The Hall–Kier alpha value is -2.79. The van der Waals surface area contributed by atoms with Gasteiger partial charge in [0.15, 0.2) is 0 Å². The van der Waals surface area contributed by atoms with Crippen molar-refractivity contribution in [3.63, 3.8) is 0 Å². The zero-order valence-corrected chi connectivity index (χ0v) is 19.2. The third kappa shape index (κ3) is 5.47. The van der Waals surface area contributed by atoms with Crippen LogP contribution in [0.25, 0.3) is 5.69 Å². The number of benzene rings is 2. The van der Waals surface area contributed by atoms with Crippen molar-refractivity contribution < 1.29 is 4.74 Å². The first-order valence-corrected chi connectivity index (χ1v) is 11.3. The van der Waals surface area contributed by atoms with Crippen LogP contribution in [0.5, 0.6) is 5.75 Å². The van der Waals surface area contributed by atoms with Gasteiger partial charge in [-0.1, -0.05) is 62.6 Å². The number of rotatable bonds is 6. The molecule has 1 N–H and O–H groups in total. The highest BCUT2D eigenvalue weighted by Crippen LogP contribution is 2.34. The summed E-state index contributed by atoms with van der Waals surface area (Å²) in [5.41, 5.74) is 3.29. The summed E-state index contributed by atoms with van der Waals surface area (Å²) in [6, 6.07) is 15.8. The summed E-state index contributed by atoms with van der Waals surface area (Å²) in [6.07, 6.45) is 6.69. The maximum Gasteiger partial charge on any atom is 0.292 e. The largest absolute Gasteiger partial charge is 0.497 e. The Bertz CT molecular complexity index is 1020. The number of methoxy groups -OCH3 is 1. The van der Waals surface area contributed by atoms with Crippen molar-refractivity contribution >= 4 is 17.3 Å². The highest BCUT2D eigenvalue weighted by molar-refractivity contribution is 6.32. The van der Waals surface area contributed by atoms with Crippen LogP contribution < -0.4 is 15.6 Å². The molecule has 4 rings (SSSR count). The SMILES string of the molecule is CC.COc1ccc(CNc2cnn(-c3ccc(C4CCCC4)cc3)c(=O)c2Cl)cc1. The molecular weight excluding hydrogens is 410 g/mol. The van der Waals surface area contributed by atoms with Gasteiger partial charge < -0.3 is 10.1 Å². The monoisotopic (exact) mass is 439 g/mol. The van der Waals surface area contributed by atoms with Gasteiger partial charge in [0.2, 0.25) is 0 Å². The summed E-state index contributed by atoms with van der Waals surface area (Å²) < 4.78 is 6.51. The Morgan fingerprint density at radius 3 is 2.32 bits per heavy atom. The predicted molar refractivity (Wildman–Crippen MR) is 128 cm³/mol. The molecule has 0 saturated heterocycles. The molecule has 3 aromatic rings. The lowest BCUT2D eigenvalue weighted by molar-refractivity contribution is 0.414. The Morgan fingerprint density at radius 1 is 1.06 bits per heavy atom. The lowest BCUT2D eigenvalue weighted by atomic mass is 9.98. The number of aromatic nitrogens is 2.